The summed E-state index contributed by atoms with van der Waals surface area (Å²) in [6, 6.07) is 21.3. The number of carbonyl (C=O) groups excluding carboxylic acids is 2. The van der Waals surface area contributed by atoms with E-state index < -0.39 is 0 Å². The molecule has 0 saturated heterocycles. The van der Waals surface area contributed by atoms with E-state index in [9.17, 15) is 9.59 Å². The van der Waals surface area contributed by atoms with Crippen molar-refractivity contribution in [3.8, 4) is 0 Å². The highest BCUT2D eigenvalue weighted by Crippen LogP contribution is 2.34. The first kappa shape index (κ1) is 15.6. The van der Waals surface area contributed by atoms with E-state index in [1.165, 1.54) is 0 Å². The molecule has 1 heterocycles. The standard InChI is InChI=1S/C21H14ClNO2/c22-14-10-11-16(20(24)13-6-2-1-3-7-13)18(12-14)19-15-8-4-5-9-17(15)21(25)23-19/h1-12,19H,(H,23,25). The summed E-state index contributed by atoms with van der Waals surface area (Å²) in [5.74, 6) is -0.232. The van der Waals surface area contributed by atoms with Crippen LogP contribution in [0.5, 0.6) is 0 Å². The van der Waals surface area contributed by atoms with Gasteiger partial charge in [-0.05, 0) is 35.4 Å². The van der Waals surface area contributed by atoms with Gasteiger partial charge in [-0.2, -0.15) is 0 Å². The number of ketones is 1. The number of amides is 1. The zero-order valence-electron chi connectivity index (χ0n) is 13.2. The Kier molecular flexibility index (Phi) is 3.86. The third-order valence-electron chi connectivity index (χ3n) is 4.40. The van der Waals surface area contributed by atoms with Gasteiger partial charge in [0, 0.05) is 21.7 Å². The summed E-state index contributed by atoms with van der Waals surface area (Å²) in [6.07, 6.45) is 0. The predicted molar refractivity (Wildman–Crippen MR) is 97.1 cm³/mol. The van der Waals surface area contributed by atoms with Gasteiger partial charge in [0.25, 0.3) is 5.91 Å². The van der Waals surface area contributed by atoms with Crippen LogP contribution in [0.15, 0.2) is 72.8 Å². The Balaban J connectivity index is 1.85. The summed E-state index contributed by atoms with van der Waals surface area (Å²) in [6.45, 7) is 0. The molecule has 0 bridgehead atoms. The van der Waals surface area contributed by atoms with Gasteiger partial charge >= 0.3 is 0 Å². The topological polar surface area (TPSA) is 46.2 Å². The monoisotopic (exact) mass is 347 g/mol. The Morgan fingerprint density at radius 2 is 1.60 bits per heavy atom. The largest absolute Gasteiger partial charge is 0.341 e. The second kappa shape index (κ2) is 6.19. The molecule has 25 heavy (non-hydrogen) atoms. The van der Waals surface area contributed by atoms with E-state index in [2.05, 4.69) is 5.32 Å². The maximum atomic E-state index is 13.0. The van der Waals surface area contributed by atoms with Crippen LogP contribution in [0.3, 0.4) is 0 Å². The number of benzene rings is 3. The molecule has 1 aliphatic rings. The highest BCUT2D eigenvalue weighted by molar-refractivity contribution is 6.31. The molecule has 1 amide bonds. The molecule has 0 aromatic heterocycles. The molecule has 0 radical (unpaired) electrons. The van der Waals surface area contributed by atoms with Gasteiger partial charge in [-0.15, -0.1) is 0 Å². The second-order valence-corrected chi connectivity index (χ2v) is 6.36. The van der Waals surface area contributed by atoms with E-state index >= 15 is 0 Å². The first-order valence-corrected chi connectivity index (χ1v) is 8.32. The smallest absolute Gasteiger partial charge is 0.252 e. The van der Waals surface area contributed by atoms with Crippen LogP contribution in [-0.2, 0) is 0 Å². The zero-order chi connectivity index (χ0) is 17.4. The summed E-state index contributed by atoms with van der Waals surface area (Å²) >= 11 is 6.19. The highest BCUT2D eigenvalue weighted by Gasteiger charge is 2.32. The minimum atomic E-state index is -0.384. The van der Waals surface area contributed by atoms with Gasteiger partial charge in [-0.1, -0.05) is 60.1 Å². The lowest BCUT2D eigenvalue weighted by Crippen LogP contribution is -2.22. The van der Waals surface area contributed by atoms with Crippen LogP contribution in [0.4, 0.5) is 0 Å². The van der Waals surface area contributed by atoms with Crippen molar-refractivity contribution in [2.45, 2.75) is 6.04 Å². The van der Waals surface area contributed by atoms with Gasteiger partial charge in [0.15, 0.2) is 5.78 Å². The molecule has 3 aromatic rings. The van der Waals surface area contributed by atoms with Gasteiger partial charge in [0.05, 0.1) is 6.04 Å². The number of nitrogens with one attached hydrogen (secondary N) is 1. The number of hydrogen-bond donors (Lipinski definition) is 1. The number of rotatable bonds is 3. The summed E-state index contributed by atoms with van der Waals surface area (Å²) in [5, 5.41) is 3.49. The minimum Gasteiger partial charge on any atom is -0.341 e. The van der Waals surface area contributed by atoms with Crippen molar-refractivity contribution >= 4 is 23.3 Å². The third-order valence-corrected chi connectivity index (χ3v) is 4.63. The van der Waals surface area contributed by atoms with Crippen molar-refractivity contribution in [3.05, 3.63) is 106 Å². The second-order valence-electron chi connectivity index (χ2n) is 5.92. The molecule has 4 heteroatoms. The van der Waals surface area contributed by atoms with Crippen LogP contribution in [0.2, 0.25) is 5.02 Å². The molecule has 0 spiro atoms. The molecule has 0 fully saturated rings. The molecule has 0 aliphatic carbocycles. The molecule has 1 atom stereocenters. The summed E-state index contributed by atoms with van der Waals surface area (Å²) < 4.78 is 0. The average Bonchev–Trinajstić information content (AvgIpc) is 2.99. The quantitative estimate of drug-likeness (QED) is 0.713. The molecule has 3 nitrogen and oxygen atoms in total. The lowest BCUT2D eigenvalue weighted by atomic mass is 9.91. The maximum absolute atomic E-state index is 13.0. The first-order valence-electron chi connectivity index (χ1n) is 7.94. The van der Waals surface area contributed by atoms with E-state index in [0.717, 1.165) is 5.56 Å². The van der Waals surface area contributed by atoms with Crippen LogP contribution in [0.25, 0.3) is 0 Å². The number of hydrogen-bond acceptors (Lipinski definition) is 2. The van der Waals surface area contributed by atoms with Crippen LogP contribution in [-0.4, -0.2) is 11.7 Å². The van der Waals surface area contributed by atoms with Crippen LogP contribution in [0.1, 0.15) is 43.4 Å². The van der Waals surface area contributed by atoms with Crippen molar-refractivity contribution in [1.29, 1.82) is 0 Å². The van der Waals surface area contributed by atoms with E-state index in [1.54, 1.807) is 36.4 Å². The Hall–Kier alpha value is -2.91. The molecular formula is C21H14ClNO2. The zero-order valence-corrected chi connectivity index (χ0v) is 14.0. The summed E-state index contributed by atoms with van der Waals surface area (Å²) in [7, 11) is 0. The summed E-state index contributed by atoms with van der Waals surface area (Å²) in [4.78, 5) is 25.2. The summed E-state index contributed by atoms with van der Waals surface area (Å²) in [5.41, 5.74) is 3.34. The molecular weight excluding hydrogens is 334 g/mol. The first-order chi connectivity index (χ1) is 12.1. The van der Waals surface area contributed by atoms with Crippen molar-refractivity contribution in [2.24, 2.45) is 0 Å². The normalized spacial score (nSPS) is 15.6. The molecule has 1 N–H and O–H groups in total. The van der Waals surface area contributed by atoms with Gasteiger partial charge in [-0.25, -0.2) is 0 Å². The van der Waals surface area contributed by atoms with Crippen molar-refractivity contribution in [1.82, 2.24) is 5.32 Å². The molecule has 1 aliphatic heterocycles. The fourth-order valence-corrected chi connectivity index (χ4v) is 3.39. The number of fused-ring (bicyclic) bond motifs is 1. The van der Waals surface area contributed by atoms with E-state index in [1.807, 2.05) is 36.4 Å². The molecule has 122 valence electrons. The Morgan fingerprint density at radius 1 is 0.880 bits per heavy atom. The Bertz CT molecular complexity index is 982. The van der Waals surface area contributed by atoms with Crippen LogP contribution < -0.4 is 5.32 Å². The van der Waals surface area contributed by atoms with E-state index in [4.69, 9.17) is 11.6 Å². The Morgan fingerprint density at radius 3 is 2.40 bits per heavy atom. The fourth-order valence-electron chi connectivity index (χ4n) is 3.21. The van der Waals surface area contributed by atoms with Crippen LogP contribution >= 0.6 is 11.6 Å². The lowest BCUT2D eigenvalue weighted by molar-refractivity contribution is 0.0957. The number of halogens is 1. The van der Waals surface area contributed by atoms with E-state index in [-0.39, 0.29) is 17.7 Å². The fraction of sp³-hybridized carbons (Fsp3) is 0.0476. The van der Waals surface area contributed by atoms with Crippen molar-refractivity contribution < 1.29 is 9.59 Å². The molecule has 4 rings (SSSR count). The van der Waals surface area contributed by atoms with E-state index in [0.29, 0.717) is 27.3 Å². The maximum Gasteiger partial charge on any atom is 0.252 e. The molecule has 3 aromatic carbocycles. The molecule has 0 saturated carbocycles. The molecule has 1 unspecified atom stereocenters. The third kappa shape index (κ3) is 2.73. The van der Waals surface area contributed by atoms with Crippen molar-refractivity contribution in [2.75, 3.05) is 0 Å². The average molecular weight is 348 g/mol. The van der Waals surface area contributed by atoms with Crippen molar-refractivity contribution in [3.63, 3.8) is 0 Å². The number of carbonyl (C=O) groups is 2. The van der Waals surface area contributed by atoms with Crippen LogP contribution in [0, 0.1) is 0 Å². The van der Waals surface area contributed by atoms with Gasteiger partial charge < -0.3 is 5.32 Å². The Labute approximate surface area is 150 Å². The minimum absolute atomic E-state index is 0.0918. The van der Waals surface area contributed by atoms with Gasteiger partial charge in [-0.3, -0.25) is 9.59 Å². The lowest BCUT2D eigenvalue weighted by Gasteiger charge is -2.17. The predicted octanol–water partition coefficient (Wildman–Crippen LogP) is 4.40. The van der Waals surface area contributed by atoms with Gasteiger partial charge in [0.1, 0.15) is 0 Å². The van der Waals surface area contributed by atoms with Gasteiger partial charge in [0.2, 0.25) is 0 Å². The highest BCUT2D eigenvalue weighted by atomic mass is 35.5. The SMILES string of the molecule is O=C1NC(c2cc(Cl)ccc2C(=O)c2ccccc2)c2ccccc21.